The van der Waals surface area contributed by atoms with Crippen LogP contribution in [0.4, 0.5) is 21.9 Å². The summed E-state index contributed by atoms with van der Waals surface area (Å²) in [6.45, 7) is 4.85. The van der Waals surface area contributed by atoms with Gasteiger partial charge in [-0.3, -0.25) is 14.5 Å². The molecule has 2 aliphatic rings. The van der Waals surface area contributed by atoms with Gasteiger partial charge in [-0.2, -0.15) is 0 Å². The third kappa shape index (κ3) is 4.33. The van der Waals surface area contributed by atoms with Crippen molar-refractivity contribution in [2.75, 3.05) is 23.3 Å². The quantitative estimate of drug-likeness (QED) is 0.234. The minimum absolute atomic E-state index is 0.0784. The number of hydrogen-bond donors (Lipinski definition) is 2. The van der Waals surface area contributed by atoms with Crippen LogP contribution in [-0.4, -0.2) is 46.9 Å². The average molecular weight is 582 g/mol. The minimum atomic E-state index is -0.375. The Balaban J connectivity index is 1.18. The van der Waals surface area contributed by atoms with Crippen LogP contribution in [0.25, 0.3) is 21.2 Å². The van der Waals surface area contributed by atoms with E-state index in [2.05, 4.69) is 15.6 Å². The zero-order chi connectivity index (χ0) is 29.0. The van der Waals surface area contributed by atoms with Crippen LogP contribution in [0, 0.1) is 6.92 Å². The molecule has 212 valence electrons. The number of fused-ring (bicyclic) bond motifs is 1. The highest BCUT2D eigenvalue weighted by Gasteiger charge is 2.34. The van der Waals surface area contributed by atoms with Crippen LogP contribution in [0.1, 0.15) is 35.0 Å². The third-order valence-corrected chi connectivity index (χ3v) is 8.81. The number of aryl methyl sites for hydroxylation is 1. The molecule has 4 amide bonds. The molecular formula is C31H27N5O5S. The Bertz CT molecular complexity index is 1900. The molecule has 2 aliphatic heterocycles. The number of thiophene rings is 1. The van der Waals surface area contributed by atoms with Crippen molar-refractivity contribution in [3.63, 3.8) is 0 Å². The van der Waals surface area contributed by atoms with Crippen molar-refractivity contribution in [2.45, 2.75) is 32.7 Å². The molecule has 0 unspecified atom stereocenters. The summed E-state index contributed by atoms with van der Waals surface area (Å²) in [7, 11) is 0. The van der Waals surface area contributed by atoms with Gasteiger partial charge in [-0.1, -0.05) is 19.1 Å². The summed E-state index contributed by atoms with van der Waals surface area (Å²) in [4.78, 5) is 48.0. The van der Waals surface area contributed by atoms with Gasteiger partial charge in [0, 0.05) is 37.1 Å². The van der Waals surface area contributed by atoms with E-state index < -0.39 is 0 Å². The number of nitrogens with zero attached hydrogens (tertiary/aromatic N) is 3. The van der Waals surface area contributed by atoms with Crippen molar-refractivity contribution in [1.29, 1.82) is 0 Å². The van der Waals surface area contributed by atoms with Crippen molar-refractivity contribution in [1.82, 2.24) is 15.2 Å². The molecular weight excluding hydrogens is 554 g/mol. The highest BCUT2D eigenvalue weighted by atomic mass is 32.1. The number of nitrogens with one attached hydrogen (secondary N) is 2. The molecule has 5 heterocycles. The van der Waals surface area contributed by atoms with Gasteiger partial charge in [0.05, 0.1) is 28.7 Å². The number of likely N-dealkylation sites (tertiary alicyclic amines) is 1. The van der Waals surface area contributed by atoms with Crippen LogP contribution in [0.15, 0.2) is 65.4 Å². The van der Waals surface area contributed by atoms with Gasteiger partial charge < -0.3 is 24.7 Å². The van der Waals surface area contributed by atoms with Gasteiger partial charge in [0.2, 0.25) is 5.91 Å². The second kappa shape index (κ2) is 10.2. The van der Waals surface area contributed by atoms with E-state index in [1.165, 1.54) is 11.3 Å². The fourth-order valence-corrected chi connectivity index (χ4v) is 6.70. The third-order valence-electron chi connectivity index (χ3n) is 7.71. The maximum atomic E-state index is 13.6. The van der Waals surface area contributed by atoms with Crippen molar-refractivity contribution in [2.24, 2.45) is 0 Å². The molecule has 42 heavy (non-hydrogen) atoms. The van der Waals surface area contributed by atoms with Crippen molar-refractivity contribution in [3.8, 4) is 11.5 Å². The lowest BCUT2D eigenvalue weighted by atomic mass is 10.1. The van der Waals surface area contributed by atoms with Gasteiger partial charge in [-0.25, -0.2) is 9.78 Å². The first-order valence-corrected chi connectivity index (χ1v) is 14.6. The van der Waals surface area contributed by atoms with Crippen LogP contribution < -0.4 is 20.3 Å². The summed E-state index contributed by atoms with van der Waals surface area (Å²) in [5.74, 6) is 1.01. The predicted molar refractivity (Wildman–Crippen MR) is 161 cm³/mol. The largest absolute Gasteiger partial charge is 0.460 e. The second-order valence-corrected chi connectivity index (χ2v) is 11.4. The number of carbonyl (C=O) groups excluding carboxylic acids is 3. The van der Waals surface area contributed by atoms with Gasteiger partial charge in [0.15, 0.2) is 11.3 Å². The molecule has 10 nitrogen and oxygen atoms in total. The number of benzene rings is 2. The zero-order valence-corrected chi connectivity index (χ0v) is 23.8. The normalized spacial score (nSPS) is 16.2. The van der Waals surface area contributed by atoms with Gasteiger partial charge in [0.1, 0.15) is 15.5 Å². The molecule has 1 atom stereocenters. The highest BCUT2D eigenvalue weighted by molar-refractivity contribution is 7.21. The smallest absolute Gasteiger partial charge is 0.331 e. The van der Waals surface area contributed by atoms with E-state index in [1.54, 1.807) is 28.3 Å². The second-order valence-electron chi connectivity index (χ2n) is 10.4. The van der Waals surface area contributed by atoms with E-state index in [9.17, 15) is 14.4 Å². The molecule has 7 rings (SSSR count). The lowest BCUT2D eigenvalue weighted by molar-refractivity contribution is -0.129. The van der Waals surface area contributed by atoms with Crippen LogP contribution in [0.5, 0.6) is 11.5 Å². The molecule has 1 fully saturated rings. The minimum Gasteiger partial charge on any atom is -0.460 e. The molecule has 0 saturated carbocycles. The average Bonchev–Trinajstić information content (AvgIpc) is 3.74. The number of para-hydroxylation sites is 1. The zero-order valence-electron chi connectivity index (χ0n) is 23.0. The standard InChI is InChI=1S/C31H27N5O5S/c1-3-24(37)35-13-10-19(16-35)33-29(38)28-26-25-22(9-12-32-30(25)42-28)36(31(39)34-26)21-8-7-20(15-17(21)2)41-23-6-4-5-18-11-14-40-27(18)23/h4-9,11-12,14-15,19H,3,10,13,16H2,1-2H3,(H,33,38)(H,34,39)/t19-/m1/s1. The number of rotatable bonds is 6. The summed E-state index contributed by atoms with van der Waals surface area (Å²) in [5.41, 5.74) is 3.27. The fraction of sp³-hybridized carbons (Fsp3) is 0.226. The van der Waals surface area contributed by atoms with E-state index in [1.807, 2.05) is 56.3 Å². The van der Waals surface area contributed by atoms with Crippen molar-refractivity contribution < 1.29 is 23.5 Å². The van der Waals surface area contributed by atoms with Crippen molar-refractivity contribution >= 4 is 67.4 Å². The predicted octanol–water partition coefficient (Wildman–Crippen LogP) is 6.57. The first-order valence-electron chi connectivity index (χ1n) is 13.8. The molecule has 2 aromatic carbocycles. The van der Waals surface area contributed by atoms with Gasteiger partial charge in [-0.05, 0) is 55.3 Å². The van der Waals surface area contributed by atoms with Crippen LogP contribution in [0.2, 0.25) is 0 Å². The van der Waals surface area contributed by atoms with Crippen LogP contribution >= 0.6 is 11.3 Å². The Morgan fingerprint density at radius 2 is 2.07 bits per heavy atom. The lowest BCUT2D eigenvalue weighted by Gasteiger charge is -2.29. The lowest BCUT2D eigenvalue weighted by Crippen LogP contribution is -2.39. The van der Waals surface area contributed by atoms with E-state index in [-0.39, 0.29) is 23.9 Å². The fourth-order valence-electron chi connectivity index (χ4n) is 5.68. The number of anilines is 3. The molecule has 5 aromatic rings. The number of furan rings is 1. The molecule has 0 spiro atoms. The summed E-state index contributed by atoms with van der Waals surface area (Å²) < 4.78 is 11.7. The number of pyridine rings is 1. The Morgan fingerprint density at radius 3 is 2.90 bits per heavy atom. The molecule has 0 radical (unpaired) electrons. The Kier molecular flexibility index (Phi) is 6.31. The Morgan fingerprint density at radius 1 is 1.19 bits per heavy atom. The number of hydrogen-bond acceptors (Lipinski definition) is 7. The molecule has 11 heteroatoms. The highest BCUT2D eigenvalue weighted by Crippen LogP contribution is 2.46. The number of aromatic nitrogens is 1. The molecule has 3 aromatic heterocycles. The van der Waals surface area contributed by atoms with E-state index in [0.717, 1.165) is 10.9 Å². The monoisotopic (exact) mass is 581 g/mol. The maximum absolute atomic E-state index is 13.6. The molecule has 0 bridgehead atoms. The molecule has 0 aliphatic carbocycles. The number of carbonyl (C=O) groups is 3. The van der Waals surface area contributed by atoms with E-state index >= 15 is 0 Å². The molecule has 1 saturated heterocycles. The summed E-state index contributed by atoms with van der Waals surface area (Å²) >= 11 is 1.24. The van der Waals surface area contributed by atoms with Crippen LogP contribution in [-0.2, 0) is 4.79 Å². The van der Waals surface area contributed by atoms with E-state index in [4.69, 9.17) is 9.15 Å². The number of urea groups is 1. The van der Waals surface area contributed by atoms with Gasteiger partial charge >= 0.3 is 6.03 Å². The Hall–Kier alpha value is -4.90. The van der Waals surface area contributed by atoms with E-state index in [0.29, 0.717) is 75.2 Å². The van der Waals surface area contributed by atoms with Gasteiger partial charge in [0.25, 0.3) is 5.91 Å². The van der Waals surface area contributed by atoms with Gasteiger partial charge in [-0.15, -0.1) is 11.3 Å². The molecule has 2 N–H and O–H groups in total. The van der Waals surface area contributed by atoms with Crippen molar-refractivity contribution in [3.05, 3.63) is 71.4 Å². The summed E-state index contributed by atoms with van der Waals surface area (Å²) in [5, 5.41) is 7.66. The summed E-state index contributed by atoms with van der Waals surface area (Å²) in [6, 6.07) is 14.4. The van der Waals surface area contributed by atoms with Crippen LogP contribution in [0.3, 0.4) is 0 Å². The Labute approximate surface area is 244 Å². The summed E-state index contributed by atoms with van der Waals surface area (Å²) in [6.07, 6.45) is 4.40. The topological polar surface area (TPSA) is 117 Å². The SMILES string of the molecule is CCC(=O)N1CC[C@@H](NC(=O)c2sc3nccc4c3c2NC(=O)N4c2ccc(Oc3cccc4ccoc34)cc2C)C1. The maximum Gasteiger partial charge on any atom is 0.331 e. The first-order chi connectivity index (χ1) is 20.4. The number of ether oxygens (including phenoxy) is 1. The number of amides is 4. The first kappa shape index (κ1) is 26.0.